The van der Waals surface area contributed by atoms with E-state index in [0.29, 0.717) is 17.7 Å². The smallest absolute Gasteiger partial charge is 0.320 e. The minimum atomic E-state index is -0.726. The molecule has 1 aliphatic rings. The summed E-state index contributed by atoms with van der Waals surface area (Å²) in [6, 6.07) is 16.7. The molecule has 1 unspecified atom stereocenters. The summed E-state index contributed by atoms with van der Waals surface area (Å²) in [6.07, 6.45) is 4.35. The van der Waals surface area contributed by atoms with Gasteiger partial charge in [-0.15, -0.1) is 0 Å². The molecule has 7 nitrogen and oxygen atoms in total. The Morgan fingerprint density at radius 2 is 1.85 bits per heavy atom. The van der Waals surface area contributed by atoms with E-state index in [1.165, 1.54) is 0 Å². The molecule has 33 heavy (non-hydrogen) atoms. The Bertz CT molecular complexity index is 1230. The number of aromatic nitrogens is 1. The summed E-state index contributed by atoms with van der Waals surface area (Å²) in [5.41, 5.74) is 8.43. The van der Waals surface area contributed by atoms with E-state index in [2.05, 4.69) is 4.90 Å². The highest BCUT2D eigenvalue weighted by molar-refractivity contribution is 5.96. The van der Waals surface area contributed by atoms with Crippen LogP contribution in [0.5, 0.6) is 0 Å². The van der Waals surface area contributed by atoms with Crippen LogP contribution in [0.25, 0.3) is 22.0 Å². The lowest BCUT2D eigenvalue weighted by Gasteiger charge is -2.20. The number of pyridine rings is 1. The Hall–Kier alpha value is -3.45. The van der Waals surface area contributed by atoms with Crippen LogP contribution in [-0.2, 0) is 11.3 Å². The van der Waals surface area contributed by atoms with Crippen LogP contribution in [0, 0.1) is 5.41 Å². The zero-order valence-electron chi connectivity index (χ0n) is 18.7. The van der Waals surface area contributed by atoms with Gasteiger partial charge in [0.2, 0.25) is 0 Å². The lowest BCUT2D eigenvalue weighted by Crippen LogP contribution is -2.36. The molecule has 0 bridgehead atoms. The van der Waals surface area contributed by atoms with Gasteiger partial charge in [0.25, 0.3) is 5.56 Å². The molecule has 1 saturated heterocycles. The molecule has 172 valence electrons. The number of carbonyl (C=O) groups is 1. The summed E-state index contributed by atoms with van der Waals surface area (Å²) < 4.78 is 1.83. The van der Waals surface area contributed by atoms with E-state index in [4.69, 9.17) is 11.1 Å². The molecule has 3 aromatic rings. The maximum absolute atomic E-state index is 13.5. The molecule has 1 aromatic heterocycles. The number of carboxylic acids is 1. The molecular weight excluding hydrogens is 416 g/mol. The Morgan fingerprint density at radius 1 is 1.06 bits per heavy atom. The third kappa shape index (κ3) is 4.98. The highest BCUT2D eigenvalue weighted by Crippen LogP contribution is 2.23. The molecule has 2 aromatic carbocycles. The van der Waals surface area contributed by atoms with E-state index in [0.717, 1.165) is 61.7 Å². The molecule has 4 N–H and O–H groups in total. The van der Waals surface area contributed by atoms with Gasteiger partial charge in [0.15, 0.2) is 0 Å². The number of nitrogen functional groups attached to an aromatic ring is 1. The van der Waals surface area contributed by atoms with Crippen molar-refractivity contribution in [2.75, 3.05) is 13.1 Å². The molecule has 1 atom stereocenters. The van der Waals surface area contributed by atoms with Gasteiger partial charge in [-0.25, -0.2) is 0 Å². The summed E-state index contributed by atoms with van der Waals surface area (Å²) in [5, 5.41) is 18.0. The first-order valence-electron chi connectivity index (χ1n) is 11.5. The molecule has 0 aliphatic carbocycles. The number of aliphatic carboxylic acids is 1. The molecular formula is C26H30N4O3. The summed E-state index contributed by atoms with van der Waals surface area (Å²) in [4.78, 5) is 26.9. The summed E-state index contributed by atoms with van der Waals surface area (Å²) in [7, 11) is 0. The highest BCUT2D eigenvalue weighted by Gasteiger charge is 2.29. The molecule has 0 saturated carbocycles. The van der Waals surface area contributed by atoms with Crippen molar-refractivity contribution < 1.29 is 9.90 Å². The minimum Gasteiger partial charge on any atom is -0.480 e. The number of unbranched alkanes of at least 4 members (excludes halogenated alkanes) is 2. The second-order valence-corrected chi connectivity index (χ2v) is 8.66. The van der Waals surface area contributed by atoms with Crippen LogP contribution in [0.4, 0.5) is 0 Å². The van der Waals surface area contributed by atoms with Gasteiger partial charge in [0, 0.05) is 17.7 Å². The minimum absolute atomic E-state index is 0.0268. The van der Waals surface area contributed by atoms with Crippen molar-refractivity contribution in [1.82, 2.24) is 9.47 Å². The van der Waals surface area contributed by atoms with Gasteiger partial charge in [0.05, 0.1) is 5.52 Å². The van der Waals surface area contributed by atoms with Crippen molar-refractivity contribution in [2.45, 2.75) is 44.7 Å². The summed E-state index contributed by atoms with van der Waals surface area (Å²) in [5.74, 6) is -0.753. The fourth-order valence-corrected chi connectivity index (χ4v) is 4.75. The van der Waals surface area contributed by atoms with Crippen LogP contribution in [-0.4, -0.2) is 45.5 Å². The predicted molar refractivity (Wildman–Crippen MR) is 131 cm³/mol. The average Bonchev–Trinajstić information content (AvgIpc) is 3.29. The van der Waals surface area contributed by atoms with Crippen molar-refractivity contribution in [3.63, 3.8) is 0 Å². The number of rotatable bonds is 9. The quantitative estimate of drug-likeness (QED) is 0.264. The van der Waals surface area contributed by atoms with Crippen molar-refractivity contribution >= 4 is 22.7 Å². The van der Waals surface area contributed by atoms with Crippen molar-refractivity contribution in [3.8, 4) is 11.1 Å². The highest BCUT2D eigenvalue weighted by atomic mass is 16.4. The van der Waals surface area contributed by atoms with Crippen LogP contribution in [0.1, 0.15) is 37.7 Å². The van der Waals surface area contributed by atoms with Crippen LogP contribution in [0.3, 0.4) is 0 Å². The maximum atomic E-state index is 13.5. The predicted octanol–water partition coefficient (Wildman–Crippen LogP) is 3.67. The second kappa shape index (κ2) is 10.0. The van der Waals surface area contributed by atoms with Crippen LogP contribution in [0.15, 0.2) is 59.4 Å². The zero-order chi connectivity index (χ0) is 23.4. The van der Waals surface area contributed by atoms with E-state index in [-0.39, 0.29) is 17.4 Å². The first-order valence-corrected chi connectivity index (χ1v) is 11.5. The number of nitrogens with zero attached hydrogens (tertiary/aromatic N) is 2. The second-order valence-electron chi connectivity index (χ2n) is 8.66. The van der Waals surface area contributed by atoms with Gasteiger partial charge in [0.1, 0.15) is 11.9 Å². The van der Waals surface area contributed by atoms with Gasteiger partial charge in [-0.05, 0) is 67.9 Å². The Balaban J connectivity index is 1.52. The molecule has 4 rings (SSSR count). The topological polar surface area (TPSA) is 112 Å². The number of para-hydroxylation sites is 1. The van der Waals surface area contributed by atoms with Crippen LogP contribution < -0.4 is 11.3 Å². The van der Waals surface area contributed by atoms with Crippen LogP contribution in [0.2, 0.25) is 0 Å². The van der Waals surface area contributed by atoms with Gasteiger partial charge < -0.3 is 15.4 Å². The van der Waals surface area contributed by atoms with Gasteiger partial charge in [-0.1, -0.05) is 42.8 Å². The number of aryl methyl sites for hydroxylation is 1. The number of fused-ring (bicyclic) bond motifs is 1. The SMILES string of the molecule is N=C(N)c1cccc(-c2cc3ccccc3n(CCCCCN3CCCC3C(=O)O)c2=O)c1. The molecule has 0 radical (unpaired) electrons. The Morgan fingerprint density at radius 3 is 2.64 bits per heavy atom. The summed E-state index contributed by atoms with van der Waals surface area (Å²) >= 11 is 0. The van der Waals surface area contributed by atoms with Crippen LogP contribution >= 0.6 is 0 Å². The van der Waals surface area contributed by atoms with Crippen molar-refractivity contribution in [3.05, 3.63) is 70.5 Å². The number of nitrogens with two attached hydrogens (primary N) is 1. The number of amidine groups is 1. The molecule has 1 aliphatic heterocycles. The summed E-state index contributed by atoms with van der Waals surface area (Å²) in [6.45, 7) is 2.23. The Labute approximate surface area is 193 Å². The number of carboxylic acid groups (broad SMARTS) is 1. The first kappa shape index (κ1) is 22.7. The van der Waals surface area contributed by atoms with Crippen molar-refractivity contribution in [1.29, 1.82) is 5.41 Å². The number of likely N-dealkylation sites (tertiary alicyclic amines) is 1. The number of benzene rings is 2. The molecule has 0 spiro atoms. The fourth-order valence-electron chi connectivity index (χ4n) is 4.75. The Kier molecular flexibility index (Phi) is 6.89. The standard InChI is InChI=1S/C26H30N4O3/c27-24(28)20-10-6-9-18(16-20)21-17-19-8-2-3-11-22(19)30(25(21)31)15-5-1-4-13-29-14-7-12-23(29)26(32)33/h2-3,6,8-11,16-17,23H,1,4-5,7,12-15H2,(H3,27,28)(H,32,33). The van der Waals surface area contributed by atoms with Crippen molar-refractivity contribution in [2.24, 2.45) is 5.73 Å². The third-order valence-corrected chi connectivity index (χ3v) is 6.46. The largest absolute Gasteiger partial charge is 0.480 e. The molecule has 0 amide bonds. The fraction of sp³-hybridized carbons (Fsp3) is 0.346. The first-order chi connectivity index (χ1) is 16.0. The molecule has 1 fully saturated rings. The zero-order valence-corrected chi connectivity index (χ0v) is 18.7. The third-order valence-electron chi connectivity index (χ3n) is 6.46. The van der Waals surface area contributed by atoms with Gasteiger partial charge in [-0.3, -0.25) is 19.9 Å². The monoisotopic (exact) mass is 446 g/mol. The van der Waals surface area contributed by atoms with E-state index in [1.54, 1.807) is 12.1 Å². The van der Waals surface area contributed by atoms with Gasteiger partial charge in [-0.2, -0.15) is 0 Å². The lowest BCUT2D eigenvalue weighted by atomic mass is 10.0. The molecule has 2 heterocycles. The van der Waals surface area contributed by atoms with E-state index >= 15 is 0 Å². The number of hydrogen-bond donors (Lipinski definition) is 3. The number of hydrogen-bond acceptors (Lipinski definition) is 4. The van der Waals surface area contributed by atoms with Gasteiger partial charge >= 0.3 is 5.97 Å². The maximum Gasteiger partial charge on any atom is 0.320 e. The average molecular weight is 447 g/mol. The number of nitrogens with one attached hydrogen (secondary N) is 1. The normalized spacial score (nSPS) is 16.3. The lowest BCUT2D eigenvalue weighted by molar-refractivity contribution is -0.142. The van der Waals surface area contributed by atoms with E-state index in [9.17, 15) is 14.7 Å². The molecule has 7 heteroatoms. The van der Waals surface area contributed by atoms with E-state index in [1.807, 2.05) is 47.0 Å². The van der Waals surface area contributed by atoms with E-state index < -0.39 is 5.97 Å².